The normalized spacial score (nSPS) is 15.2. The van der Waals surface area contributed by atoms with Crippen LogP contribution in [-0.4, -0.2) is 43.0 Å². The van der Waals surface area contributed by atoms with E-state index in [0.717, 1.165) is 46.0 Å². The lowest BCUT2D eigenvalue weighted by molar-refractivity contribution is 0.0813. The molecule has 6 nitrogen and oxygen atoms in total. The number of hydrogen-bond donors (Lipinski definition) is 1. The van der Waals surface area contributed by atoms with E-state index in [1.807, 2.05) is 48.5 Å². The summed E-state index contributed by atoms with van der Waals surface area (Å²) in [5.41, 5.74) is 2.18. The van der Waals surface area contributed by atoms with Crippen LogP contribution < -0.4 is 5.32 Å². The number of likely N-dealkylation sites (tertiary alicyclic amines) is 1. The van der Waals surface area contributed by atoms with E-state index < -0.39 is 6.09 Å². The third-order valence-corrected chi connectivity index (χ3v) is 6.18. The molecule has 156 valence electrons. The summed E-state index contributed by atoms with van der Waals surface area (Å²) < 4.78 is 11.8. The van der Waals surface area contributed by atoms with Gasteiger partial charge in [-0.3, -0.25) is 15.0 Å². The summed E-state index contributed by atoms with van der Waals surface area (Å²) in [7, 11) is 0. The molecule has 1 saturated heterocycles. The number of carbonyl (C=O) groups is 2. The Morgan fingerprint density at radius 3 is 2.63 bits per heavy atom. The summed E-state index contributed by atoms with van der Waals surface area (Å²) in [4.78, 5) is 27.0. The molecule has 0 atom stereocenters. The number of Topliss-reactive ketones (excluding diaryl/α,β-unsaturated/α-hetero) is 1. The first-order valence-corrected chi connectivity index (χ1v) is 11.1. The predicted octanol–water partition coefficient (Wildman–Crippen LogP) is 5.18. The molecule has 3 aromatic rings. The maximum Gasteiger partial charge on any atom is 0.411 e. The molecule has 0 spiro atoms. The van der Waals surface area contributed by atoms with E-state index in [1.54, 1.807) is 6.26 Å². The number of ketones is 1. The van der Waals surface area contributed by atoms with Gasteiger partial charge >= 0.3 is 6.09 Å². The monoisotopic (exact) mass is 518 g/mol. The number of amides is 1. The highest BCUT2D eigenvalue weighted by Crippen LogP contribution is 2.24. The first-order valence-electron chi connectivity index (χ1n) is 10.0. The van der Waals surface area contributed by atoms with Crippen molar-refractivity contribution in [3.63, 3.8) is 0 Å². The lowest BCUT2D eigenvalue weighted by Gasteiger charge is -2.31. The number of benzene rings is 2. The Morgan fingerprint density at radius 2 is 1.87 bits per heavy atom. The van der Waals surface area contributed by atoms with Crippen LogP contribution in [0.5, 0.6) is 0 Å². The molecule has 1 aliphatic heterocycles. The van der Waals surface area contributed by atoms with Gasteiger partial charge in [0.05, 0.1) is 12.0 Å². The summed E-state index contributed by atoms with van der Waals surface area (Å²) in [6, 6.07) is 15.1. The van der Waals surface area contributed by atoms with E-state index in [2.05, 4.69) is 32.8 Å². The van der Waals surface area contributed by atoms with Gasteiger partial charge < -0.3 is 9.15 Å². The molecule has 1 aromatic heterocycles. The highest BCUT2D eigenvalue weighted by Gasteiger charge is 2.25. The largest absolute Gasteiger partial charge is 0.464 e. The number of carbonyl (C=O) groups excluding carboxylic acids is 2. The Hall–Kier alpha value is -2.39. The van der Waals surface area contributed by atoms with Crippen molar-refractivity contribution in [1.82, 2.24) is 4.90 Å². The Labute approximate surface area is 188 Å². The quantitative estimate of drug-likeness (QED) is 0.360. The van der Waals surface area contributed by atoms with E-state index in [1.165, 1.54) is 0 Å². The third kappa shape index (κ3) is 5.02. The summed E-state index contributed by atoms with van der Waals surface area (Å²) in [6.45, 7) is 2.64. The van der Waals surface area contributed by atoms with Crippen molar-refractivity contribution < 1.29 is 18.7 Å². The number of furan rings is 1. The van der Waals surface area contributed by atoms with Gasteiger partial charge in [0.25, 0.3) is 0 Å². The fourth-order valence-corrected chi connectivity index (χ4v) is 4.14. The predicted molar refractivity (Wildman–Crippen MR) is 124 cm³/mol. The fourth-order valence-electron chi connectivity index (χ4n) is 3.79. The zero-order valence-corrected chi connectivity index (χ0v) is 18.6. The van der Waals surface area contributed by atoms with Crippen LogP contribution in [0.4, 0.5) is 10.5 Å². The van der Waals surface area contributed by atoms with E-state index in [-0.39, 0.29) is 11.7 Å². The minimum atomic E-state index is -0.479. The van der Waals surface area contributed by atoms with Crippen molar-refractivity contribution >= 4 is 51.1 Å². The SMILES string of the molecule is O=C(Nc1cccc2occc12)OCCN1CCC(C(=O)c2ccc(I)cc2)CC1. The Morgan fingerprint density at radius 1 is 1.10 bits per heavy atom. The van der Waals surface area contributed by atoms with Crippen LogP contribution in [0.2, 0.25) is 0 Å². The summed E-state index contributed by atoms with van der Waals surface area (Å²) >= 11 is 2.24. The Balaban J connectivity index is 1.19. The zero-order valence-electron chi connectivity index (χ0n) is 16.5. The molecule has 30 heavy (non-hydrogen) atoms. The summed E-state index contributed by atoms with van der Waals surface area (Å²) in [6.07, 6.45) is 2.78. The second-order valence-corrected chi connectivity index (χ2v) is 8.63. The third-order valence-electron chi connectivity index (χ3n) is 5.46. The fraction of sp³-hybridized carbons (Fsp3) is 0.304. The van der Waals surface area contributed by atoms with Crippen molar-refractivity contribution in [1.29, 1.82) is 0 Å². The molecule has 0 unspecified atom stereocenters. The van der Waals surface area contributed by atoms with Crippen LogP contribution in [0.15, 0.2) is 59.2 Å². The number of fused-ring (bicyclic) bond motifs is 1. The average Bonchev–Trinajstić information content (AvgIpc) is 3.24. The minimum Gasteiger partial charge on any atom is -0.464 e. The van der Waals surface area contributed by atoms with E-state index in [0.29, 0.717) is 18.8 Å². The molecule has 2 heterocycles. The first kappa shape index (κ1) is 20.9. The summed E-state index contributed by atoms with van der Waals surface area (Å²) in [5.74, 6) is 0.302. The van der Waals surface area contributed by atoms with Gasteiger partial charge in [-0.1, -0.05) is 18.2 Å². The van der Waals surface area contributed by atoms with Crippen LogP contribution >= 0.6 is 22.6 Å². The molecular formula is C23H23IN2O4. The Kier molecular flexibility index (Phi) is 6.69. The number of halogens is 1. The number of anilines is 1. The second-order valence-electron chi connectivity index (χ2n) is 7.39. The van der Waals surface area contributed by atoms with Gasteiger partial charge in [0.2, 0.25) is 0 Å². The van der Waals surface area contributed by atoms with Crippen molar-refractivity contribution in [3.05, 3.63) is 63.9 Å². The molecule has 0 bridgehead atoms. The van der Waals surface area contributed by atoms with Crippen molar-refractivity contribution in [2.75, 3.05) is 31.6 Å². The van der Waals surface area contributed by atoms with Gasteiger partial charge in [-0.05, 0) is 78.9 Å². The van der Waals surface area contributed by atoms with Crippen molar-refractivity contribution in [2.24, 2.45) is 5.92 Å². The van der Waals surface area contributed by atoms with Gasteiger partial charge in [-0.25, -0.2) is 4.79 Å². The number of piperidine rings is 1. The van der Waals surface area contributed by atoms with Crippen molar-refractivity contribution in [2.45, 2.75) is 12.8 Å². The average molecular weight is 518 g/mol. The van der Waals surface area contributed by atoms with Crippen LogP contribution in [0.1, 0.15) is 23.2 Å². The molecule has 1 N–H and O–H groups in total. The first-order chi connectivity index (χ1) is 14.6. The molecule has 2 aromatic carbocycles. The van der Waals surface area contributed by atoms with Gasteiger partial charge in [0, 0.05) is 27.0 Å². The Bertz CT molecular complexity index is 1020. The molecule has 1 aliphatic rings. The number of nitrogens with one attached hydrogen (secondary N) is 1. The minimum absolute atomic E-state index is 0.0703. The molecule has 0 aliphatic carbocycles. The van der Waals surface area contributed by atoms with E-state index in [9.17, 15) is 9.59 Å². The standard InChI is InChI=1S/C23H23IN2O4/c24-18-6-4-16(5-7-18)22(27)17-8-11-26(12-9-17)13-15-30-23(28)25-20-2-1-3-21-19(20)10-14-29-21/h1-7,10,14,17H,8-9,11-13,15H2,(H,25,28). The number of ether oxygens (including phenoxy) is 1. The van der Waals surface area contributed by atoms with Crippen LogP contribution in [-0.2, 0) is 4.74 Å². The second kappa shape index (κ2) is 9.61. The molecule has 7 heteroatoms. The summed E-state index contributed by atoms with van der Waals surface area (Å²) in [5, 5.41) is 3.61. The number of hydrogen-bond acceptors (Lipinski definition) is 5. The van der Waals surface area contributed by atoms with Gasteiger partial charge in [0.15, 0.2) is 5.78 Å². The molecule has 0 radical (unpaired) electrons. The van der Waals surface area contributed by atoms with Crippen LogP contribution in [0, 0.1) is 9.49 Å². The van der Waals surface area contributed by atoms with Gasteiger partial charge in [-0.2, -0.15) is 0 Å². The topological polar surface area (TPSA) is 71.8 Å². The smallest absolute Gasteiger partial charge is 0.411 e. The van der Waals surface area contributed by atoms with Crippen LogP contribution in [0.3, 0.4) is 0 Å². The number of rotatable bonds is 6. The molecule has 0 saturated carbocycles. The van der Waals surface area contributed by atoms with E-state index >= 15 is 0 Å². The number of nitrogens with zero attached hydrogens (tertiary/aromatic N) is 1. The maximum absolute atomic E-state index is 12.7. The van der Waals surface area contributed by atoms with Gasteiger partial charge in [-0.15, -0.1) is 0 Å². The van der Waals surface area contributed by atoms with Crippen LogP contribution in [0.25, 0.3) is 11.0 Å². The molecule has 1 amide bonds. The lowest BCUT2D eigenvalue weighted by atomic mass is 9.89. The highest BCUT2D eigenvalue weighted by molar-refractivity contribution is 14.1. The maximum atomic E-state index is 12.7. The molecular weight excluding hydrogens is 495 g/mol. The van der Waals surface area contributed by atoms with E-state index in [4.69, 9.17) is 9.15 Å². The molecule has 1 fully saturated rings. The zero-order chi connectivity index (χ0) is 20.9. The molecule has 4 rings (SSSR count). The lowest BCUT2D eigenvalue weighted by Crippen LogP contribution is -2.38. The van der Waals surface area contributed by atoms with Gasteiger partial charge in [0.1, 0.15) is 12.2 Å². The van der Waals surface area contributed by atoms with Crippen molar-refractivity contribution in [3.8, 4) is 0 Å². The highest BCUT2D eigenvalue weighted by atomic mass is 127.